The molecule has 4 rings (SSSR count). The largest absolute Gasteiger partial charge is 0.497 e. The van der Waals surface area contributed by atoms with E-state index in [4.69, 9.17) is 21.7 Å². The summed E-state index contributed by atoms with van der Waals surface area (Å²) in [7, 11) is 2.85. The smallest absolute Gasteiger partial charge is 0.170 e. The number of thiocarbonyl (C=S) groups is 1. The van der Waals surface area contributed by atoms with Crippen LogP contribution in [0.25, 0.3) is 0 Å². The Labute approximate surface area is 208 Å². The molecule has 1 aliphatic heterocycles. The Balaban J connectivity index is 1.41. The highest BCUT2D eigenvalue weighted by Crippen LogP contribution is 2.53. The summed E-state index contributed by atoms with van der Waals surface area (Å²) in [5.41, 5.74) is 3.46. The predicted octanol–water partition coefficient (Wildman–Crippen LogP) is 5.72. The van der Waals surface area contributed by atoms with Crippen molar-refractivity contribution in [2.45, 2.75) is 6.42 Å². The van der Waals surface area contributed by atoms with Gasteiger partial charge in [-0.3, -0.25) is 0 Å². The van der Waals surface area contributed by atoms with Crippen molar-refractivity contribution in [3.8, 4) is 11.5 Å². The molecule has 1 heterocycles. The van der Waals surface area contributed by atoms with E-state index in [9.17, 15) is 0 Å². The first-order chi connectivity index (χ1) is 16.7. The Morgan fingerprint density at radius 2 is 1.35 bits per heavy atom. The molecule has 0 aromatic heterocycles. The molecule has 34 heavy (non-hydrogen) atoms. The molecule has 3 aromatic carbocycles. The molecule has 0 amide bonds. The number of benzene rings is 3. The molecule has 0 saturated carbocycles. The Morgan fingerprint density at radius 3 is 1.85 bits per heavy atom. The van der Waals surface area contributed by atoms with Gasteiger partial charge in [0.1, 0.15) is 11.5 Å². The van der Waals surface area contributed by atoms with E-state index >= 15 is 0 Å². The normalized spacial score (nSPS) is 13.6. The van der Waals surface area contributed by atoms with Gasteiger partial charge in [0.2, 0.25) is 0 Å². The minimum Gasteiger partial charge on any atom is -0.497 e. The summed E-state index contributed by atoms with van der Waals surface area (Å²) < 4.78 is 15.8. The lowest BCUT2D eigenvalue weighted by Crippen LogP contribution is -2.30. The number of nitrogens with one attached hydrogen (secondary N) is 2. The lowest BCUT2D eigenvalue weighted by atomic mass is 10.3. The van der Waals surface area contributed by atoms with Crippen LogP contribution in [0.5, 0.6) is 11.5 Å². The topological polar surface area (TPSA) is 49.0 Å². The van der Waals surface area contributed by atoms with Gasteiger partial charge >= 0.3 is 0 Å². The van der Waals surface area contributed by atoms with Gasteiger partial charge in [-0.2, -0.15) is 0 Å². The minimum absolute atomic E-state index is 0.550. The molecule has 0 aliphatic carbocycles. The zero-order valence-electron chi connectivity index (χ0n) is 19.6. The van der Waals surface area contributed by atoms with Gasteiger partial charge in [-0.05, 0) is 79.3 Å². The summed E-state index contributed by atoms with van der Waals surface area (Å²) in [6.45, 7) is 2.81. The van der Waals surface area contributed by atoms with Crippen LogP contribution < -0.4 is 29.4 Å². The van der Waals surface area contributed by atoms with E-state index in [0.29, 0.717) is 5.11 Å². The Kier molecular flexibility index (Phi) is 8.45. The third kappa shape index (κ3) is 6.10. The number of hydrogen-bond acceptors (Lipinski definition) is 5. The van der Waals surface area contributed by atoms with E-state index < -0.39 is 8.22 Å². The van der Waals surface area contributed by atoms with E-state index in [2.05, 4.69) is 44.2 Å². The molecule has 8 heteroatoms. The molecule has 0 unspecified atom stereocenters. The van der Waals surface area contributed by atoms with E-state index in [1.54, 1.807) is 14.2 Å². The maximum Gasteiger partial charge on any atom is 0.170 e. The highest BCUT2D eigenvalue weighted by atomic mass is 32.1. The number of nitrogens with zero attached hydrogens (tertiary/aromatic N) is 2. The molecule has 1 fully saturated rings. The summed E-state index contributed by atoms with van der Waals surface area (Å²) in [6.07, 6.45) is 2.08. The highest BCUT2D eigenvalue weighted by Gasteiger charge is 2.32. The summed E-state index contributed by atoms with van der Waals surface area (Å²) in [5, 5.41) is 7.25. The standard InChI is InChI=1S/C26H31N4O2PS/c1-31-24-13-9-22(10-14-24)29-18-19-30(23-11-15-25(32-2)16-12-23)33(29)20-6-17-27-26(34)28-21-7-4-3-5-8-21/h3-5,7-16H,6,17-20H2,1-2H3,(H2,27,28,34). The molecular weight excluding hydrogens is 463 g/mol. The van der Waals surface area contributed by atoms with Crippen LogP contribution >= 0.6 is 20.4 Å². The fourth-order valence-corrected chi connectivity index (χ4v) is 6.79. The first-order valence-corrected chi connectivity index (χ1v) is 13.2. The van der Waals surface area contributed by atoms with Crippen molar-refractivity contribution in [3.05, 3.63) is 78.9 Å². The third-order valence-corrected chi connectivity index (χ3v) is 8.61. The summed E-state index contributed by atoms with van der Waals surface area (Å²) >= 11 is 5.47. The molecule has 6 nitrogen and oxygen atoms in total. The maximum atomic E-state index is 5.47. The zero-order chi connectivity index (χ0) is 23.8. The molecule has 3 aromatic rings. The van der Waals surface area contributed by atoms with Gasteiger partial charge < -0.3 is 29.4 Å². The van der Waals surface area contributed by atoms with Crippen molar-refractivity contribution in [3.63, 3.8) is 0 Å². The lowest BCUT2D eigenvalue weighted by molar-refractivity contribution is 0.414. The molecular formula is C26H31N4O2PS. The maximum absolute atomic E-state index is 5.47. The van der Waals surface area contributed by atoms with Crippen LogP contribution in [0.15, 0.2) is 78.9 Å². The summed E-state index contributed by atoms with van der Waals surface area (Å²) in [5.74, 6) is 1.76. The predicted molar refractivity (Wildman–Crippen MR) is 148 cm³/mol. The van der Waals surface area contributed by atoms with Crippen LogP contribution in [-0.4, -0.2) is 45.1 Å². The second-order valence-corrected chi connectivity index (χ2v) is 10.4. The first-order valence-electron chi connectivity index (χ1n) is 11.4. The monoisotopic (exact) mass is 494 g/mol. The number of methoxy groups -OCH3 is 2. The van der Waals surface area contributed by atoms with Crippen LogP contribution in [-0.2, 0) is 0 Å². The minimum atomic E-state index is -0.550. The number of ether oxygens (including phenoxy) is 2. The molecule has 0 atom stereocenters. The molecule has 0 spiro atoms. The number of para-hydroxylation sites is 1. The van der Waals surface area contributed by atoms with Crippen molar-refractivity contribution in [2.24, 2.45) is 0 Å². The van der Waals surface area contributed by atoms with Crippen LogP contribution in [0.2, 0.25) is 0 Å². The van der Waals surface area contributed by atoms with E-state index in [-0.39, 0.29) is 0 Å². The molecule has 0 radical (unpaired) electrons. The van der Waals surface area contributed by atoms with Crippen LogP contribution in [0.3, 0.4) is 0 Å². The van der Waals surface area contributed by atoms with Crippen molar-refractivity contribution in [1.82, 2.24) is 5.32 Å². The van der Waals surface area contributed by atoms with Crippen LogP contribution in [0, 0.1) is 0 Å². The van der Waals surface area contributed by atoms with Crippen LogP contribution in [0.4, 0.5) is 17.1 Å². The van der Waals surface area contributed by atoms with Crippen molar-refractivity contribution >= 4 is 42.6 Å². The van der Waals surface area contributed by atoms with Gasteiger partial charge in [0.25, 0.3) is 0 Å². The summed E-state index contributed by atoms with van der Waals surface area (Å²) in [4.78, 5) is 0. The van der Waals surface area contributed by atoms with Gasteiger partial charge in [-0.15, -0.1) is 0 Å². The zero-order valence-corrected chi connectivity index (χ0v) is 21.3. The Bertz CT molecular complexity index is 995. The average Bonchev–Trinajstić information content (AvgIpc) is 3.31. The fourth-order valence-electron chi connectivity index (χ4n) is 3.94. The first kappa shape index (κ1) is 24.1. The number of anilines is 3. The molecule has 1 aliphatic rings. The van der Waals surface area contributed by atoms with Gasteiger partial charge in [-0.25, -0.2) is 0 Å². The number of rotatable bonds is 9. The Hall–Kier alpha value is -3.02. The fraction of sp³-hybridized carbons (Fsp3) is 0.269. The summed E-state index contributed by atoms with van der Waals surface area (Å²) in [6, 6.07) is 26.8. The number of hydrogen-bond donors (Lipinski definition) is 2. The quantitative estimate of drug-likeness (QED) is 0.224. The molecule has 2 N–H and O–H groups in total. The van der Waals surface area contributed by atoms with Crippen molar-refractivity contribution < 1.29 is 9.47 Å². The van der Waals surface area contributed by atoms with Crippen LogP contribution in [0.1, 0.15) is 6.42 Å². The van der Waals surface area contributed by atoms with E-state index in [0.717, 1.165) is 49.4 Å². The lowest BCUT2D eigenvalue weighted by Gasteiger charge is -2.32. The van der Waals surface area contributed by atoms with Gasteiger partial charge in [0.05, 0.1) is 22.4 Å². The highest BCUT2D eigenvalue weighted by molar-refractivity contribution is 7.80. The van der Waals surface area contributed by atoms with Crippen molar-refractivity contribution in [2.75, 3.05) is 54.7 Å². The van der Waals surface area contributed by atoms with Gasteiger partial charge in [-0.1, -0.05) is 18.2 Å². The van der Waals surface area contributed by atoms with Gasteiger partial charge in [0.15, 0.2) is 5.11 Å². The SMILES string of the molecule is COc1ccc(N2CCN(c3ccc(OC)cc3)P2CCCNC(=S)Nc2ccccc2)cc1. The second kappa shape index (κ2) is 11.9. The van der Waals surface area contributed by atoms with E-state index in [1.165, 1.54) is 11.4 Å². The molecule has 1 saturated heterocycles. The average molecular weight is 495 g/mol. The molecule has 0 bridgehead atoms. The van der Waals surface area contributed by atoms with E-state index in [1.807, 2.05) is 54.6 Å². The molecule has 178 valence electrons. The second-order valence-electron chi connectivity index (χ2n) is 7.84. The Morgan fingerprint density at radius 1 is 0.824 bits per heavy atom. The van der Waals surface area contributed by atoms with Gasteiger partial charge in [0, 0.05) is 42.9 Å². The third-order valence-electron chi connectivity index (χ3n) is 5.67. The van der Waals surface area contributed by atoms with Crippen molar-refractivity contribution in [1.29, 1.82) is 0 Å².